The number of hydrogen-bond acceptors (Lipinski definition) is 4. The fourth-order valence-electron chi connectivity index (χ4n) is 1.53. The minimum atomic E-state index is -1.23. The Kier molecular flexibility index (Phi) is 3.87. The zero-order valence-electron chi connectivity index (χ0n) is 10.5. The van der Waals surface area contributed by atoms with Crippen LogP contribution in [0.3, 0.4) is 0 Å². The van der Waals surface area contributed by atoms with Crippen molar-refractivity contribution in [3.8, 4) is 0 Å². The summed E-state index contributed by atoms with van der Waals surface area (Å²) in [7, 11) is 0. The normalized spacial score (nSPS) is 14.4. The van der Waals surface area contributed by atoms with Gasteiger partial charge in [0.2, 0.25) is 5.91 Å². The van der Waals surface area contributed by atoms with Gasteiger partial charge in [-0.25, -0.2) is 0 Å². The van der Waals surface area contributed by atoms with Crippen molar-refractivity contribution in [2.24, 2.45) is 0 Å². The molecule has 5 heteroatoms. The van der Waals surface area contributed by atoms with Crippen molar-refractivity contribution in [3.05, 3.63) is 54.4 Å². The average molecular weight is 261 g/mol. The van der Waals surface area contributed by atoms with Crippen LogP contribution in [0.1, 0.15) is 18.2 Å². The maximum atomic E-state index is 11.6. The molecule has 19 heavy (non-hydrogen) atoms. The molecule has 100 valence electrons. The van der Waals surface area contributed by atoms with Crippen LogP contribution in [-0.2, 0) is 10.4 Å². The van der Waals surface area contributed by atoms with E-state index in [2.05, 4.69) is 5.32 Å². The van der Waals surface area contributed by atoms with Gasteiger partial charge in [-0.15, -0.1) is 0 Å². The summed E-state index contributed by atoms with van der Waals surface area (Å²) in [6.45, 7) is 1.64. The van der Waals surface area contributed by atoms with Crippen LogP contribution in [0.2, 0.25) is 0 Å². The Hall–Kier alpha value is -2.27. The SMILES string of the molecule is C[C@@](O)(CNC(=O)/C=C/c1ccoc1)c1ccco1. The molecular weight excluding hydrogens is 246 g/mol. The smallest absolute Gasteiger partial charge is 0.244 e. The number of rotatable bonds is 5. The highest BCUT2D eigenvalue weighted by Gasteiger charge is 2.26. The molecule has 2 aromatic heterocycles. The van der Waals surface area contributed by atoms with E-state index in [4.69, 9.17) is 8.83 Å². The monoisotopic (exact) mass is 261 g/mol. The molecular formula is C14H15NO4. The molecule has 0 aliphatic heterocycles. The second-order valence-corrected chi connectivity index (χ2v) is 4.36. The first-order valence-electron chi connectivity index (χ1n) is 5.82. The summed E-state index contributed by atoms with van der Waals surface area (Å²) in [5.41, 5.74) is -0.434. The molecule has 0 spiro atoms. The zero-order valence-corrected chi connectivity index (χ0v) is 10.5. The molecule has 0 unspecified atom stereocenters. The lowest BCUT2D eigenvalue weighted by molar-refractivity contribution is -0.117. The molecule has 0 fully saturated rings. The molecule has 0 aliphatic rings. The molecule has 5 nitrogen and oxygen atoms in total. The van der Waals surface area contributed by atoms with E-state index in [1.54, 1.807) is 31.2 Å². The molecule has 0 saturated heterocycles. The molecule has 2 N–H and O–H groups in total. The standard InChI is InChI=1S/C14H15NO4/c1-14(17,12-3-2-7-19-12)10-15-13(16)5-4-11-6-8-18-9-11/h2-9,17H,10H2,1H3,(H,15,16)/b5-4+/t14-/m1/s1. The maximum Gasteiger partial charge on any atom is 0.244 e. The van der Waals surface area contributed by atoms with Gasteiger partial charge in [-0.3, -0.25) is 4.79 Å². The molecule has 1 amide bonds. The van der Waals surface area contributed by atoms with Crippen LogP contribution >= 0.6 is 0 Å². The Morgan fingerprint density at radius 1 is 1.47 bits per heavy atom. The Labute approximate surface area is 110 Å². The first-order valence-corrected chi connectivity index (χ1v) is 5.82. The van der Waals surface area contributed by atoms with Gasteiger partial charge in [0.05, 0.1) is 25.3 Å². The first-order chi connectivity index (χ1) is 9.08. The van der Waals surface area contributed by atoms with E-state index in [0.717, 1.165) is 5.56 Å². The van der Waals surface area contributed by atoms with Gasteiger partial charge in [-0.1, -0.05) is 0 Å². The van der Waals surface area contributed by atoms with Gasteiger partial charge in [0, 0.05) is 11.6 Å². The zero-order chi connectivity index (χ0) is 13.7. The third kappa shape index (κ3) is 3.59. The number of nitrogens with one attached hydrogen (secondary N) is 1. The Balaban J connectivity index is 1.87. The molecule has 0 saturated carbocycles. The summed E-state index contributed by atoms with van der Waals surface area (Å²) >= 11 is 0. The largest absolute Gasteiger partial charge is 0.472 e. The second-order valence-electron chi connectivity index (χ2n) is 4.36. The van der Waals surface area contributed by atoms with E-state index in [9.17, 15) is 9.90 Å². The molecule has 1 atom stereocenters. The molecule has 2 heterocycles. The third-order valence-electron chi connectivity index (χ3n) is 2.63. The lowest BCUT2D eigenvalue weighted by Gasteiger charge is -2.20. The summed E-state index contributed by atoms with van der Waals surface area (Å²) in [5, 5.41) is 12.7. The fraction of sp³-hybridized carbons (Fsp3) is 0.214. The van der Waals surface area contributed by atoms with Gasteiger partial charge in [0.1, 0.15) is 11.4 Å². The molecule has 0 bridgehead atoms. The minimum absolute atomic E-state index is 0.0646. The van der Waals surface area contributed by atoms with Crippen LogP contribution in [0.5, 0.6) is 0 Å². The van der Waals surface area contributed by atoms with E-state index < -0.39 is 5.60 Å². The highest BCUT2D eigenvalue weighted by molar-refractivity contribution is 5.91. The third-order valence-corrected chi connectivity index (χ3v) is 2.63. The topological polar surface area (TPSA) is 75.6 Å². The first kappa shape index (κ1) is 13.2. The van der Waals surface area contributed by atoms with Crippen molar-refractivity contribution in [3.63, 3.8) is 0 Å². The van der Waals surface area contributed by atoms with Crippen LogP contribution < -0.4 is 5.32 Å². The van der Waals surface area contributed by atoms with Gasteiger partial charge in [0.25, 0.3) is 0 Å². The summed E-state index contributed by atoms with van der Waals surface area (Å²) in [6.07, 6.45) is 7.54. The lowest BCUT2D eigenvalue weighted by Crippen LogP contribution is -2.37. The van der Waals surface area contributed by atoms with Crippen LogP contribution in [0.4, 0.5) is 0 Å². The molecule has 0 aliphatic carbocycles. The van der Waals surface area contributed by atoms with E-state index >= 15 is 0 Å². The molecule has 0 radical (unpaired) electrons. The average Bonchev–Trinajstić information content (AvgIpc) is 3.06. The summed E-state index contributed by atoms with van der Waals surface area (Å²) < 4.78 is 9.99. The van der Waals surface area contributed by atoms with Crippen LogP contribution in [0.15, 0.2) is 51.9 Å². The number of aliphatic hydroxyl groups is 1. The van der Waals surface area contributed by atoms with Crippen LogP contribution in [-0.4, -0.2) is 17.6 Å². The fourth-order valence-corrected chi connectivity index (χ4v) is 1.53. The van der Waals surface area contributed by atoms with Crippen LogP contribution in [0.25, 0.3) is 6.08 Å². The van der Waals surface area contributed by atoms with E-state index in [0.29, 0.717) is 5.76 Å². The van der Waals surface area contributed by atoms with E-state index in [1.807, 2.05) is 0 Å². The van der Waals surface area contributed by atoms with Crippen molar-refractivity contribution in [1.82, 2.24) is 5.32 Å². The Morgan fingerprint density at radius 3 is 2.95 bits per heavy atom. The van der Waals surface area contributed by atoms with Gasteiger partial charge >= 0.3 is 0 Å². The van der Waals surface area contributed by atoms with E-state index in [1.165, 1.54) is 24.9 Å². The minimum Gasteiger partial charge on any atom is -0.472 e. The Morgan fingerprint density at radius 2 is 2.32 bits per heavy atom. The van der Waals surface area contributed by atoms with Crippen molar-refractivity contribution >= 4 is 12.0 Å². The van der Waals surface area contributed by atoms with E-state index in [-0.39, 0.29) is 12.5 Å². The molecule has 0 aromatic carbocycles. The summed E-state index contributed by atoms with van der Waals surface area (Å²) in [6, 6.07) is 5.08. The highest BCUT2D eigenvalue weighted by atomic mass is 16.4. The number of furan rings is 2. The van der Waals surface area contributed by atoms with Crippen LogP contribution in [0, 0.1) is 0 Å². The van der Waals surface area contributed by atoms with Gasteiger partial charge in [0.15, 0.2) is 0 Å². The summed E-state index contributed by atoms with van der Waals surface area (Å²) in [5.74, 6) is 0.111. The lowest BCUT2D eigenvalue weighted by atomic mass is 10.0. The summed E-state index contributed by atoms with van der Waals surface area (Å²) in [4.78, 5) is 11.6. The number of amides is 1. The van der Waals surface area contributed by atoms with Crippen molar-refractivity contribution in [1.29, 1.82) is 0 Å². The van der Waals surface area contributed by atoms with Crippen molar-refractivity contribution in [2.45, 2.75) is 12.5 Å². The maximum absolute atomic E-state index is 11.6. The number of hydrogen-bond donors (Lipinski definition) is 2. The second kappa shape index (κ2) is 5.58. The van der Waals surface area contributed by atoms with Gasteiger partial charge < -0.3 is 19.3 Å². The molecule has 2 aromatic rings. The highest BCUT2D eigenvalue weighted by Crippen LogP contribution is 2.19. The molecule has 2 rings (SSSR count). The number of carbonyl (C=O) groups is 1. The van der Waals surface area contributed by atoms with Gasteiger partial charge in [-0.05, 0) is 31.2 Å². The Bertz CT molecular complexity index is 538. The van der Waals surface area contributed by atoms with Crippen molar-refractivity contribution < 1.29 is 18.7 Å². The van der Waals surface area contributed by atoms with Gasteiger partial charge in [-0.2, -0.15) is 0 Å². The predicted molar refractivity (Wildman–Crippen MR) is 69.0 cm³/mol. The quantitative estimate of drug-likeness (QED) is 0.806. The predicted octanol–water partition coefficient (Wildman–Crippen LogP) is 1.91. The number of carbonyl (C=O) groups excluding carboxylic acids is 1. The van der Waals surface area contributed by atoms with Crippen molar-refractivity contribution in [2.75, 3.05) is 6.54 Å².